The maximum atomic E-state index is 12.3. The van der Waals surface area contributed by atoms with E-state index in [1.165, 1.54) is 28.2 Å². The maximum Gasteiger partial charge on any atom is 0.261 e. The zero-order valence-electron chi connectivity index (χ0n) is 10.9. The molecule has 1 aliphatic rings. The lowest BCUT2D eigenvalue weighted by Crippen LogP contribution is -2.25. The molecule has 19 heavy (non-hydrogen) atoms. The van der Waals surface area contributed by atoms with Gasteiger partial charge in [0.25, 0.3) is 5.91 Å². The topological polar surface area (TPSA) is 29.1 Å². The van der Waals surface area contributed by atoms with Crippen LogP contribution in [0.4, 0.5) is 0 Å². The van der Waals surface area contributed by atoms with Gasteiger partial charge in [0.2, 0.25) is 0 Å². The second-order valence-electron chi connectivity index (χ2n) is 4.98. The van der Waals surface area contributed by atoms with Crippen molar-refractivity contribution in [1.29, 1.82) is 0 Å². The van der Waals surface area contributed by atoms with Gasteiger partial charge in [-0.2, -0.15) is 0 Å². The molecule has 3 rings (SSSR count). The Morgan fingerprint density at radius 1 is 1.37 bits per heavy atom. The van der Waals surface area contributed by atoms with Crippen LogP contribution < -0.4 is 5.32 Å². The first kappa shape index (κ1) is 12.9. The number of fused-ring (bicyclic) bond motifs is 1. The highest BCUT2D eigenvalue weighted by atomic mass is 32.1. The Hall–Kier alpha value is -1.13. The van der Waals surface area contributed by atoms with Gasteiger partial charge in [-0.15, -0.1) is 22.7 Å². The van der Waals surface area contributed by atoms with Crippen molar-refractivity contribution in [3.05, 3.63) is 43.8 Å². The molecule has 100 valence electrons. The van der Waals surface area contributed by atoms with Gasteiger partial charge in [0.1, 0.15) is 0 Å². The third kappa shape index (κ3) is 2.74. The number of amides is 1. The molecule has 0 saturated carbocycles. The van der Waals surface area contributed by atoms with Gasteiger partial charge in [0.15, 0.2) is 0 Å². The van der Waals surface area contributed by atoms with E-state index in [-0.39, 0.29) is 11.9 Å². The number of hydrogen-bond donors (Lipinski definition) is 1. The molecule has 0 aromatic carbocycles. The van der Waals surface area contributed by atoms with Gasteiger partial charge >= 0.3 is 0 Å². The van der Waals surface area contributed by atoms with Gasteiger partial charge in [-0.1, -0.05) is 6.07 Å². The minimum atomic E-state index is 0.0697. The molecule has 0 fully saturated rings. The van der Waals surface area contributed by atoms with Gasteiger partial charge in [-0.3, -0.25) is 4.79 Å². The first-order valence-electron chi connectivity index (χ1n) is 6.70. The Morgan fingerprint density at radius 2 is 2.21 bits per heavy atom. The molecule has 2 nitrogen and oxygen atoms in total. The molecule has 1 amide bonds. The second kappa shape index (κ2) is 5.47. The van der Waals surface area contributed by atoms with E-state index < -0.39 is 0 Å². The van der Waals surface area contributed by atoms with Crippen molar-refractivity contribution in [3.8, 4) is 0 Å². The van der Waals surface area contributed by atoms with Crippen molar-refractivity contribution in [2.45, 2.75) is 38.6 Å². The number of rotatable bonds is 3. The van der Waals surface area contributed by atoms with Crippen LogP contribution >= 0.6 is 22.7 Å². The van der Waals surface area contributed by atoms with E-state index in [1.54, 1.807) is 22.7 Å². The highest BCUT2D eigenvalue weighted by molar-refractivity contribution is 7.14. The van der Waals surface area contributed by atoms with Crippen LogP contribution in [0.3, 0.4) is 0 Å². The average molecular weight is 291 g/mol. The molecule has 2 aromatic rings. The molecule has 0 radical (unpaired) electrons. The van der Waals surface area contributed by atoms with Crippen LogP contribution in [-0.4, -0.2) is 5.91 Å². The van der Waals surface area contributed by atoms with Gasteiger partial charge in [-0.05, 0) is 55.7 Å². The van der Waals surface area contributed by atoms with E-state index in [4.69, 9.17) is 0 Å². The Labute approximate surface area is 121 Å². The van der Waals surface area contributed by atoms with Crippen LogP contribution in [0.2, 0.25) is 0 Å². The van der Waals surface area contributed by atoms with Crippen molar-refractivity contribution < 1.29 is 4.79 Å². The molecule has 0 unspecified atom stereocenters. The predicted octanol–water partition coefficient (Wildman–Crippen LogP) is 4.18. The molecule has 2 heterocycles. The fraction of sp³-hybridized carbons (Fsp3) is 0.400. The largest absolute Gasteiger partial charge is 0.344 e. The van der Waals surface area contributed by atoms with Crippen LogP contribution in [0, 0.1) is 0 Å². The molecule has 1 N–H and O–H groups in total. The Kier molecular flexibility index (Phi) is 3.71. The number of carbonyl (C=O) groups excluding carboxylic acids is 1. The lowest BCUT2D eigenvalue weighted by Gasteiger charge is -2.10. The van der Waals surface area contributed by atoms with Crippen molar-refractivity contribution in [1.82, 2.24) is 5.32 Å². The van der Waals surface area contributed by atoms with Gasteiger partial charge in [0.05, 0.1) is 10.9 Å². The molecule has 0 spiro atoms. The zero-order chi connectivity index (χ0) is 13.2. The average Bonchev–Trinajstić information content (AvgIpc) is 3.07. The molecular weight excluding hydrogens is 274 g/mol. The van der Waals surface area contributed by atoms with E-state index in [9.17, 15) is 4.79 Å². The minimum Gasteiger partial charge on any atom is -0.344 e. The van der Waals surface area contributed by atoms with Gasteiger partial charge in [-0.25, -0.2) is 0 Å². The highest BCUT2D eigenvalue weighted by Gasteiger charge is 2.18. The summed E-state index contributed by atoms with van der Waals surface area (Å²) in [4.78, 5) is 15.8. The fourth-order valence-electron chi connectivity index (χ4n) is 2.48. The fourth-order valence-corrected chi connectivity index (χ4v) is 4.37. The molecule has 0 bridgehead atoms. The molecule has 1 atom stereocenters. The lowest BCUT2D eigenvalue weighted by atomic mass is 9.99. The summed E-state index contributed by atoms with van der Waals surface area (Å²) in [6, 6.07) is 6.27. The maximum absolute atomic E-state index is 12.3. The molecular formula is C15H17NOS2. The highest BCUT2D eigenvalue weighted by Crippen LogP contribution is 2.30. The SMILES string of the molecule is C[C@H](NC(=O)c1cc2c(s1)CCCC2)c1cccs1. The Balaban J connectivity index is 1.72. The molecule has 0 aliphatic heterocycles. The van der Waals surface area contributed by atoms with Crippen molar-refractivity contribution in [2.75, 3.05) is 0 Å². The number of carbonyl (C=O) groups is 1. The summed E-state index contributed by atoms with van der Waals surface area (Å²) in [6.07, 6.45) is 4.81. The summed E-state index contributed by atoms with van der Waals surface area (Å²) < 4.78 is 0. The molecule has 1 aliphatic carbocycles. The Morgan fingerprint density at radius 3 is 2.95 bits per heavy atom. The smallest absolute Gasteiger partial charge is 0.261 e. The normalized spacial score (nSPS) is 15.8. The molecule has 0 saturated heterocycles. The second-order valence-corrected chi connectivity index (χ2v) is 7.09. The summed E-state index contributed by atoms with van der Waals surface area (Å²) in [7, 11) is 0. The predicted molar refractivity (Wildman–Crippen MR) is 81.2 cm³/mol. The van der Waals surface area contributed by atoms with Crippen LogP contribution in [0.15, 0.2) is 23.6 Å². The number of thiophene rings is 2. The monoisotopic (exact) mass is 291 g/mol. The van der Waals surface area contributed by atoms with E-state index in [0.29, 0.717) is 0 Å². The van der Waals surface area contributed by atoms with Crippen molar-refractivity contribution in [3.63, 3.8) is 0 Å². The number of hydrogen-bond acceptors (Lipinski definition) is 3. The molecule has 2 aromatic heterocycles. The van der Waals surface area contributed by atoms with Gasteiger partial charge < -0.3 is 5.32 Å². The first-order valence-corrected chi connectivity index (χ1v) is 8.39. The van der Waals surface area contributed by atoms with Gasteiger partial charge in [0, 0.05) is 9.75 Å². The van der Waals surface area contributed by atoms with Crippen molar-refractivity contribution in [2.24, 2.45) is 0 Å². The number of aryl methyl sites for hydroxylation is 2. The van der Waals surface area contributed by atoms with Crippen LogP contribution in [-0.2, 0) is 12.8 Å². The minimum absolute atomic E-state index is 0.0697. The third-order valence-corrected chi connectivity index (χ3v) is 5.83. The number of nitrogens with one attached hydrogen (secondary N) is 1. The molecule has 4 heteroatoms. The van der Waals surface area contributed by atoms with E-state index in [1.807, 2.05) is 18.4 Å². The summed E-state index contributed by atoms with van der Waals surface area (Å²) >= 11 is 3.36. The van der Waals surface area contributed by atoms with E-state index in [2.05, 4.69) is 17.4 Å². The van der Waals surface area contributed by atoms with Crippen LogP contribution in [0.5, 0.6) is 0 Å². The quantitative estimate of drug-likeness (QED) is 0.903. The summed E-state index contributed by atoms with van der Waals surface area (Å²) in [5.74, 6) is 0.0697. The standard InChI is InChI=1S/C15H17NOS2/c1-10(12-7-4-8-18-12)16-15(17)14-9-11-5-2-3-6-13(11)19-14/h4,7-10H,2-3,5-6H2,1H3,(H,16,17)/t10-/m0/s1. The van der Waals surface area contributed by atoms with Crippen LogP contribution in [0.25, 0.3) is 0 Å². The summed E-state index contributed by atoms with van der Waals surface area (Å²) in [5.41, 5.74) is 1.39. The summed E-state index contributed by atoms with van der Waals surface area (Å²) in [5, 5.41) is 5.13. The summed E-state index contributed by atoms with van der Waals surface area (Å²) in [6.45, 7) is 2.04. The van der Waals surface area contributed by atoms with Crippen LogP contribution in [0.1, 0.15) is 50.8 Å². The Bertz CT molecular complexity index is 547. The van der Waals surface area contributed by atoms with Crippen molar-refractivity contribution >= 4 is 28.6 Å². The third-order valence-electron chi connectivity index (χ3n) is 3.54. The van der Waals surface area contributed by atoms with E-state index >= 15 is 0 Å². The first-order chi connectivity index (χ1) is 9.24. The zero-order valence-corrected chi connectivity index (χ0v) is 12.6. The van der Waals surface area contributed by atoms with E-state index in [0.717, 1.165) is 17.7 Å². The lowest BCUT2D eigenvalue weighted by molar-refractivity contribution is 0.0944.